The van der Waals surface area contributed by atoms with Crippen LogP contribution in [0.3, 0.4) is 0 Å². The Morgan fingerprint density at radius 2 is 1.91 bits per heavy atom. The highest BCUT2D eigenvalue weighted by Crippen LogP contribution is 2.18. The summed E-state index contributed by atoms with van der Waals surface area (Å²) >= 11 is 3.26. The van der Waals surface area contributed by atoms with Crippen molar-refractivity contribution in [3.05, 3.63) is 34.1 Å². The van der Waals surface area contributed by atoms with Gasteiger partial charge in [0.15, 0.2) is 0 Å². The molecule has 1 amide bonds. The van der Waals surface area contributed by atoms with Crippen LogP contribution in [0, 0.1) is 5.82 Å². The van der Waals surface area contributed by atoms with Crippen molar-refractivity contribution in [3.63, 3.8) is 0 Å². The van der Waals surface area contributed by atoms with E-state index in [-0.39, 0.29) is 11.9 Å². The third kappa shape index (κ3) is 4.95. The molecule has 0 N–H and O–H groups in total. The van der Waals surface area contributed by atoms with Gasteiger partial charge in [0.1, 0.15) is 11.4 Å². The van der Waals surface area contributed by atoms with Crippen molar-refractivity contribution >= 4 is 22.0 Å². The fraction of sp³-hybridized carbons (Fsp3) is 0.562. The van der Waals surface area contributed by atoms with Gasteiger partial charge in [0.05, 0.1) is 0 Å². The van der Waals surface area contributed by atoms with Gasteiger partial charge in [-0.15, -0.1) is 0 Å². The first kappa shape index (κ1) is 17.2. The third-order valence-corrected chi connectivity index (χ3v) is 3.93. The first-order valence-electron chi connectivity index (χ1n) is 7.39. The zero-order chi connectivity index (χ0) is 16.3. The lowest BCUT2D eigenvalue weighted by molar-refractivity contribution is 0.0138. The maximum absolute atomic E-state index is 13.9. The van der Waals surface area contributed by atoms with Crippen molar-refractivity contribution in [3.8, 4) is 0 Å². The number of amides is 1. The second kappa shape index (κ2) is 6.96. The molecule has 2 rings (SSSR count). The van der Waals surface area contributed by atoms with Crippen molar-refractivity contribution in [2.45, 2.75) is 32.9 Å². The van der Waals surface area contributed by atoms with E-state index in [1.165, 1.54) is 6.07 Å². The highest BCUT2D eigenvalue weighted by molar-refractivity contribution is 9.10. The molecule has 1 fully saturated rings. The Balaban J connectivity index is 1.86. The summed E-state index contributed by atoms with van der Waals surface area (Å²) < 4.78 is 20.0. The molecule has 1 saturated heterocycles. The number of hydrogen-bond acceptors (Lipinski definition) is 3. The van der Waals surface area contributed by atoms with Crippen molar-refractivity contribution in [2.75, 3.05) is 26.2 Å². The Kier molecular flexibility index (Phi) is 5.45. The fourth-order valence-corrected chi connectivity index (χ4v) is 2.64. The summed E-state index contributed by atoms with van der Waals surface area (Å²) in [6.45, 7) is 8.78. The summed E-state index contributed by atoms with van der Waals surface area (Å²) in [5, 5.41) is 0. The first-order chi connectivity index (χ1) is 10.2. The molecule has 4 nitrogen and oxygen atoms in total. The molecule has 0 bridgehead atoms. The lowest BCUT2D eigenvalue weighted by Crippen LogP contribution is -2.49. The van der Waals surface area contributed by atoms with Crippen LogP contribution in [0.5, 0.6) is 0 Å². The molecule has 122 valence electrons. The van der Waals surface area contributed by atoms with Gasteiger partial charge in [0.25, 0.3) is 0 Å². The van der Waals surface area contributed by atoms with Crippen molar-refractivity contribution < 1.29 is 13.9 Å². The van der Waals surface area contributed by atoms with E-state index in [4.69, 9.17) is 4.74 Å². The highest BCUT2D eigenvalue weighted by Gasteiger charge is 2.26. The molecule has 1 aromatic carbocycles. The third-order valence-electron chi connectivity index (χ3n) is 3.43. The molecular formula is C16H22BrFN2O2. The second-order valence-corrected chi connectivity index (χ2v) is 7.39. The molecule has 0 atom stereocenters. The van der Waals surface area contributed by atoms with E-state index in [2.05, 4.69) is 20.8 Å². The van der Waals surface area contributed by atoms with Crippen LogP contribution in [-0.4, -0.2) is 47.7 Å². The standard InChI is InChI=1S/C16H22BrFN2O2/c1-16(2,3)22-15(21)20-8-6-19(7-9-20)11-12-4-5-13(17)10-14(12)18/h4-5,10H,6-9,11H2,1-3H3. The highest BCUT2D eigenvalue weighted by atomic mass is 79.9. The fourth-order valence-electron chi connectivity index (χ4n) is 2.31. The summed E-state index contributed by atoms with van der Waals surface area (Å²) in [5.74, 6) is -0.205. The first-order valence-corrected chi connectivity index (χ1v) is 8.18. The summed E-state index contributed by atoms with van der Waals surface area (Å²) in [7, 11) is 0. The molecule has 0 aromatic heterocycles. The average Bonchev–Trinajstić information content (AvgIpc) is 2.41. The number of rotatable bonds is 2. The number of carbonyl (C=O) groups is 1. The van der Waals surface area contributed by atoms with Gasteiger partial charge in [-0.3, -0.25) is 4.90 Å². The predicted molar refractivity (Wildman–Crippen MR) is 87.2 cm³/mol. The molecule has 6 heteroatoms. The Bertz CT molecular complexity index is 537. The molecule has 22 heavy (non-hydrogen) atoms. The van der Waals surface area contributed by atoms with E-state index in [0.717, 1.165) is 17.6 Å². The van der Waals surface area contributed by atoms with Gasteiger partial charge in [-0.2, -0.15) is 0 Å². The van der Waals surface area contributed by atoms with E-state index in [1.54, 1.807) is 11.0 Å². The Labute approximate surface area is 139 Å². The summed E-state index contributed by atoms with van der Waals surface area (Å²) in [6.07, 6.45) is -0.276. The van der Waals surface area contributed by atoms with Crippen LogP contribution in [0.4, 0.5) is 9.18 Å². The number of piperazine rings is 1. The maximum atomic E-state index is 13.9. The van der Waals surface area contributed by atoms with Crippen molar-refractivity contribution in [1.82, 2.24) is 9.80 Å². The molecule has 1 heterocycles. The maximum Gasteiger partial charge on any atom is 0.410 e. The molecule has 0 aliphatic carbocycles. The van der Waals surface area contributed by atoms with Gasteiger partial charge in [-0.1, -0.05) is 22.0 Å². The van der Waals surface area contributed by atoms with Gasteiger partial charge in [-0.25, -0.2) is 9.18 Å². The van der Waals surface area contributed by atoms with Crippen molar-refractivity contribution in [2.24, 2.45) is 0 Å². The van der Waals surface area contributed by atoms with Crippen LogP contribution in [0.25, 0.3) is 0 Å². The van der Waals surface area contributed by atoms with E-state index in [0.29, 0.717) is 25.2 Å². The molecule has 1 aliphatic heterocycles. The number of ether oxygens (including phenoxy) is 1. The van der Waals surface area contributed by atoms with Crippen LogP contribution < -0.4 is 0 Å². The van der Waals surface area contributed by atoms with E-state index < -0.39 is 5.60 Å². The largest absolute Gasteiger partial charge is 0.444 e. The Morgan fingerprint density at radius 1 is 1.27 bits per heavy atom. The van der Waals surface area contributed by atoms with Crippen LogP contribution >= 0.6 is 15.9 Å². The lowest BCUT2D eigenvalue weighted by Gasteiger charge is -2.35. The monoisotopic (exact) mass is 372 g/mol. The number of carbonyl (C=O) groups excluding carboxylic acids is 1. The summed E-state index contributed by atoms with van der Waals surface area (Å²) in [5.41, 5.74) is 0.198. The van der Waals surface area contributed by atoms with E-state index >= 15 is 0 Å². The molecule has 0 spiro atoms. The minimum atomic E-state index is -0.477. The lowest BCUT2D eigenvalue weighted by atomic mass is 10.2. The summed E-state index contributed by atoms with van der Waals surface area (Å²) in [6, 6.07) is 5.11. The molecule has 1 aliphatic rings. The second-order valence-electron chi connectivity index (χ2n) is 6.48. The molecule has 0 saturated carbocycles. The van der Waals surface area contributed by atoms with Crippen LogP contribution in [0.2, 0.25) is 0 Å². The van der Waals surface area contributed by atoms with E-state index in [9.17, 15) is 9.18 Å². The minimum Gasteiger partial charge on any atom is -0.444 e. The van der Waals surface area contributed by atoms with Gasteiger partial charge >= 0.3 is 6.09 Å². The van der Waals surface area contributed by atoms with Gasteiger partial charge in [0.2, 0.25) is 0 Å². The van der Waals surface area contributed by atoms with Crippen LogP contribution in [0.1, 0.15) is 26.3 Å². The van der Waals surface area contributed by atoms with Gasteiger partial charge in [0, 0.05) is 42.8 Å². The Morgan fingerprint density at radius 3 is 2.45 bits per heavy atom. The minimum absolute atomic E-state index is 0.205. The molecule has 0 radical (unpaired) electrons. The number of benzene rings is 1. The van der Waals surface area contributed by atoms with Crippen LogP contribution in [-0.2, 0) is 11.3 Å². The normalized spacial score (nSPS) is 16.7. The number of hydrogen-bond donors (Lipinski definition) is 0. The predicted octanol–water partition coefficient (Wildman–Crippen LogP) is 3.64. The quantitative estimate of drug-likeness (QED) is 0.794. The molecule has 0 unspecified atom stereocenters. The zero-order valence-corrected chi connectivity index (χ0v) is 14.8. The van der Waals surface area contributed by atoms with Crippen LogP contribution in [0.15, 0.2) is 22.7 Å². The zero-order valence-electron chi connectivity index (χ0n) is 13.2. The number of halogens is 2. The van der Waals surface area contributed by atoms with Gasteiger partial charge < -0.3 is 9.64 Å². The molecule has 1 aromatic rings. The smallest absolute Gasteiger partial charge is 0.410 e. The van der Waals surface area contributed by atoms with E-state index in [1.807, 2.05) is 26.8 Å². The SMILES string of the molecule is CC(C)(C)OC(=O)N1CCN(Cc2ccc(Br)cc2F)CC1. The molecular weight excluding hydrogens is 351 g/mol. The summed E-state index contributed by atoms with van der Waals surface area (Å²) in [4.78, 5) is 15.8. The number of nitrogens with zero attached hydrogens (tertiary/aromatic N) is 2. The Hall–Kier alpha value is -1.14. The topological polar surface area (TPSA) is 32.8 Å². The average molecular weight is 373 g/mol. The van der Waals surface area contributed by atoms with Crippen molar-refractivity contribution in [1.29, 1.82) is 0 Å². The van der Waals surface area contributed by atoms with Gasteiger partial charge in [-0.05, 0) is 32.9 Å².